The Kier molecular flexibility index (Phi) is 1.60. The van der Waals surface area contributed by atoms with Crippen molar-refractivity contribution in [3.63, 3.8) is 0 Å². The molecule has 0 saturated heterocycles. The Hall–Kier alpha value is -0.0300. The van der Waals surface area contributed by atoms with Crippen LogP contribution < -0.4 is 0 Å². The maximum absolute atomic E-state index is 9.89. The minimum Gasteiger partial charge on any atom is -0.231 e. The van der Waals surface area contributed by atoms with E-state index >= 15 is 0 Å². The highest BCUT2D eigenvalue weighted by molar-refractivity contribution is 8.31. The molecule has 6 heavy (non-hydrogen) atoms. The minimum atomic E-state index is -2.76. The lowest BCUT2D eigenvalue weighted by Gasteiger charge is -1.72. The van der Waals surface area contributed by atoms with Crippen LogP contribution >= 0.6 is 0 Å². The summed E-state index contributed by atoms with van der Waals surface area (Å²) in [6.45, 7) is 0. The van der Waals surface area contributed by atoms with Gasteiger partial charge in [-0.3, -0.25) is 0 Å². The van der Waals surface area contributed by atoms with E-state index in [2.05, 4.69) is 15.8 Å². The smallest absolute Gasteiger partial charge is 0.166 e. The van der Waals surface area contributed by atoms with E-state index in [-0.39, 0.29) is 0 Å². The standard InChI is InChI=1S/CH3NO2S2/c1-6(4,5)2-3/h1H3. The third-order valence-corrected chi connectivity index (χ3v) is 0.589. The molecule has 0 fully saturated rings. The predicted octanol–water partition coefficient (Wildman–Crippen LogP) is 0.0439. The van der Waals surface area contributed by atoms with Gasteiger partial charge in [-0.2, -0.15) is 0 Å². The van der Waals surface area contributed by atoms with Gasteiger partial charge in [0, 0.05) is 22.0 Å². The second kappa shape index (κ2) is 1.61. The van der Waals surface area contributed by atoms with Crippen molar-refractivity contribution < 1.29 is 4.21 Å². The van der Waals surface area contributed by atoms with Crippen molar-refractivity contribution in [3.05, 3.63) is 4.91 Å². The molecule has 0 aliphatic heterocycles. The summed E-state index contributed by atoms with van der Waals surface area (Å²) in [6, 6.07) is 0. The molecule has 0 aromatic carbocycles. The maximum Gasteiger partial charge on any atom is 0.166 e. The van der Waals surface area contributed by atoms with Crippen LogP contribution in [0.1, 0.15) is 0 Å². The molecule has 0 aliphatic carbocycles. The summed E-state index contributed by atoms with van der Waals surface area (Å²) in [5, 5.41) is 0. The highest BCUT2D eigenvalue weighted by Gasteiger charge is 1.86. The second-order valence-electron chi connectivity index (χ2n) is 0.808. The van der Waals surface area contributed by atoms with Crippen molar-refractivity contribution in [2.45, 2.75) is 0 Å². The van der Waals surface area contributed by atoms with Gasteiger partial charge >= 0.3 is 0 Å². The van der Waals surface area contributed by atoms with E-state index in [0.717, 1.165) is 6.26 Å². The Morgan fingerprint density at radius 3 is 2.00 bits per heavy atom. The van der Waals surface area contributed by atoms with Crippen molar-refractivity contribution in [3.8, 4) is 0 Å². The van der Waals surface area contributed by atoms with Crippen molar-refractivity contribution >= 4 is 19.9 Å². The molecule has 0 N–H and O–H groups in total. The van der Waals surface area contributed by atoms with Crippen molar-refractivity contribution in [1.29, 1.82) is 0 Å². The fourth-order valence-electron chi connectivity index (χ4n) is 0. The van der Waals surface area contributed by atoms with Crippen molar-refractivity contribution in [2.75, 3.05) is 6.26 Å². The van der Waals surface area contributed by atoms with Gasteiger partial charge < -0.3 is 0 Å². The van der Waals surface area contributed by atoms with Crippen molar-refractivity contribution in [2.24, 2.45) is 4.58 Å². The summed E-state index contributed by atoms with van der Waals surface area (Å²) in [6.07, 6.45) is 1.11. The summed E-state index contributed by atoms with van der Waals surface area (Å²) < 4.78 is 12.0. The third kappa shape index (κ3) is 3.97. The van der Waals surface area contributed by atoms with E-state index in [1.807, 2.05) is 0 Å². The van der Waals surface area contributed by atoms with E-state index < -0.39 is 8.68 Å². The molecule has 0 aromatic rings. The lowest BCUT2D eigenvalue weighted by atomic mass is 12.0. The van der Waals surface area contributed by atoms with Crippen LogP contribution in [-0.4, -0.2) is 10.5 Å². The Balaban J connectivity index is 4.25. The number of hydrogen-bond donors (Lipinski definition) is 0. The lowest BCUT2D eigenvalue weighted by molar-refractivity contribution is 0.686. The van der Waals surface area contributed by atoms with Crippen molar-refractivity contribution in [1.82, 2.24) is 0 Å². The Morgan fingerprint density at radius 2 is 2.00 bits per heavy atom. The summed E-state index contributed by atoms with van der Waals surface area (Å²) in [5.74, 6) is 0. The van der Waals surface area contributed by atoms with Gasteiger partial charge in [-0.15, -0.1) is 4.91 Å². The van der Waals surface area contributed by atoms with E-state index in [4.69, 9.17) is 0 Å². The molecule has 1 atom stereocenters. The van der Waals surface area contributed by atoms with E-state index in [0.29, 0.717) is 0 Å². The Morgan fingerprint density at radius 1 is 1.83 bits per heavy atom. The molecule has 0 amide bonds. The zero-order chi connectivity index (χ0) is 5.21. The highest BCUT2D eigenvalue weighted by atomic mass is 32.8. The molecule has 0 aromatic heterocycles. The van der Waals surface area contributed by atoms with Crippen LogP contribution in [-0.2, 0) is 19.9 Å². The fraction of sp³-hybridized carbons (Fsp3) is 1.00. The summed E-state index contributed by atoms with van der Waals surface area (Å²) in [4.78, 5) is 9.20. The number of rotatable bonds is 1. The van der Waals surface area contributed by atoms with Gasteiger partial charge in [0.05, 0.1) is 0 Å². The first-order valence-electron chi connectivity index (χ1n) is 1.11. The molecule has 0 heterocycles. The van der Waals surface area contributed by atoms with Crippen LogP contribution in [0.15, 0.2) is 4.58 Å². The number of hydrogen-bond acceptors (Lipinski definition) is 3. The summed E-state index contributed by atoms with van der Waals surface area (Å²) in [5.41, 5.74) is 0. The highest BCUT2D eigenvalue weighted by Crippen LogP contribution is 1.78. The fourth-order valence-corrected chi connectivity index (χ4v) is 0. The van der Waals surface area contributed by atoms with Gasteiger partial charge in [-0.1, -0.05) is 0 Å². The average molecular weight is 125 g/mol. The molecule has 3 nitrogen and oxygen atoms in total. The first-order valence-corrected chi connectivity index (χ1v) is 3.96. The van der Waals surface area contributed by atoms with Crippen LogP contribution in [0.25, 0.3) is 0 Å². The minimum absolute atomic E-state index is 1.11. The molecule has 5 heteroatoms. The molecule has 1 unspecified atom stereocenters. The molecule has 0 aliphatic rings. The molecule has 0 radical (unpaired) electrons. The quantitative estimate of drug-likeness (QED) is 0.465. The van der Waals surface area contributed by atoms with E-state index in [1.165, 1.54) is 0 Å². The first kappa shape index (κ1) is 5.97. The predicted molar refractivity (Wildman–Crippen MR) is 27.2 cm³/mol. The van der Waals surface area contributed by atoms with Gasteiger partial charge in [-0.25, -0.2) is 4.21 Å². The zero-order valence-electron chi connectivity index (χ0n) is 3.08. The Labute approximate surface area is 40.5 Å². The average Bonchev–Trinajstić information content (AvgIpc) is 1.35. The summed E-state index contributed by atoms with van der Waals surface area (Å²) >= 11 is 4.03. The van der Waals surface area contributed by atoms with Gasteiger partial charge in [0.2, 0.25) is 0 Å². The number of nitroso groups, excluding NO2 is 1. The SMILES string of the molecule is CS(=O)(=S)N=O. The second-order valence-corrected chi connectivity index (χ2v) is 4.28. The van der Waals surface area contributed by atoms with Crippen LogP contribution in [0, 0.1) is 4.91 Å². The van der Waals surface area contributed by atoms with Crippen LogP contribution in [0.2, 0.25) is 0 Å². The van der Waals surface area contributed by atoms with E-state index in [9.17, 15) is 9.12 Å². The first-order chi connectivity index (χ1) is 2.56. The molecular weight excluding hydrogens is 122 g/mol. The van der Waals surface area contributed by atoms with Crippen LogP contribution in [0.4, 0.5) is 0 Å². The molecule has 0 rings (SSSR count). The molecular formula is CH3NO2S2. The van der Waals surface area contributed by atoms with Gasteiger partial charge in [-0.05, 0) is 0 Å². The van der Waals surface area contributed by atoms with Crippen LogP contribution in [0.5, 0.6) is 0 Å². The normalized spacial score (nSPS) is 18.8. The topological polar surface area (TPSA) is 46.5 Å². The van der Waals surface area contributed by atoms with E-state index in [1.54, 1.807) is 0 Å². The Bertz CT molecular complexity index is 122. The molecule has 36 valence electrons. The van der Waals surface area contributed by atoms with Gasteiger partial charge in [0.1, 0.15) is 0 Å². The third-order valence-electron chi connectivity index (χ3n) is 0.135. The summed E-state index contributed by atoms with van der Waals surface area (Å²) in [7, 11) is -2.76. The lowest BCUT2D eigenvalue weighted by Crippen LogP contribution is -1.81. The zero-order valence-corrected chi connectivity index (χ0v) is 4.71. The maximum atomic E-state index is 9.89. The van der Waals surface area contributed by atoms with Gasteiger partial charge in [0.15, 0.2) is 8.68 Å². The molecule has 0 bridgehead atoms. The van der Waals surface area contributed by atoms with Crippen LogP contribution in [0.3, 0.4) is 0 Å². The monoisotopic (exact) mass is 125 g/mol. The van der Waals surface area contributed by atoms with Gasteiger partial charge in [0.25, 0.3) is 0 Å². The molecule has 0 spiro atoms. The largest absolute Gasteiger partial charge is 0.231 e. The number of nitrogens with zero attached hydrogens (tertiary/aromatic N) is 1. The molecule has 0 saturated carbocycles.